The molecule has 5 heteroatoms. The maximum atomic E-state index is 12.1. The molecule has 0 saturated carbocycles. The molecule has 0 spiro atoms. The smallest absolute Gasteiger partial charge is 0.262 e. The Morgan fingerprint density at radius 3 is 3.11 bits per heavy atom. The van der Waals surface area contributed by atoms with E-state index in [1.54, 1.807) is 0 Å². The quantitative estimate of drug-likeness (QED) is 0.905. The lowest BCUT2D eigenvalue weighted by Crippen LogP contribution is -2.47. The number of carbonyl (C=O) groups is 1. The van der Waals surface area contributed by atoms with Crippen molar-refractivity contribution in [2.75, 3.05) is 13.1 Å². The highest BCUT2D eigenvalue weighted by Crippen LogP contribution is 2.28. The minimum atomic E-state index is 0.0771. The number of rotatable bonds is 2. The molecule has 2 atom stereocenters. The van der Waals surface area contributed by atoms with Crippen molar-refractivity contribution < 1.29 is 4.79 Å². The number of thiophene rings is 1. The monoisotopic (exact) mass is 328 g/mol. The fourth-order valence-electron chi connectivity index (χ4n) is 3.06. The first-order valence-electron chi connectivity index (χ1n) is 6.52. The van der Waals surface area contributed by atoms with Gasteiger partial charge in [-0.25, -0.2) is 0 Å². The lowest BCUT2D eigenvalue weighted by molar-refractivity contribution is 0.0899. The summed E-state index contributed by atoms with van der Waals surface area (Å²) in [4.78, 5) is 15.5. The lowest BCUT2D eigenvalue weighted by Gasteiger charge is -2.35. The minimum Gasteiger partial charge on any atom is -0.348 e. The van der Waals surface area contributed by atoms with Crippen LogP contribution in [0.25, 0.3) is 0 Å². The third-order valence-electron chi connectivity index (χ3n) is 3.98. The van der Waals surface area contributed by atoms with Crippen LogP contribution in [0.3, 0.4) is 0 Å². The summed E-state index contributed by atoms with van der Waals surface area (Å²) in [5.74, 6) is 0.0771. The van der Waals surface area contributed by atoms with E-state index in [9.17, 15) is 4.79 Å². The first-order valence-corrected chi connectivity index (χ1v) is 8.19. The van der Waals surface area contributed by atoms with Crippen LogP contribution < -0.4 is 5.32 Å². The average molecular weight is 329 g/mol. The highest BCUT2D eigenvalue weighted by atomic mass is 79.9. The van der Waals surface area contributed by atoms with E-state index < -0.39 is 0 Å². The number of piperidine rings is 1. The number of hydrogen-bond acceptors (Lipinski definition) is 3. The van der Waals surface area contributed by atoms with Crippen LogP contribution >= 0.6 is 27.3 Å². The zero-order chi connectivity index (χ0) is 12.5. The van der Waals surface area contributed by atoms with Crippen molar-refractivity contribution in [3.63, 3.8) is 0 Å². The lowest BCUT2D eigenvalue weighted by atomic mass is 9.97. The number of fused-ring (bicyclic) bond motifs is 1. The van der Waals surface area contributed by atoms with Crippen LogP contribution in [-0.4, -0.2) is 36.0 Å². The molecule has 1 amide bonds. The summed E-state index contributed by atoms with van der Waals surface area (Å²) in [5.41, 5.74) is 0. The van der Waals surface area contributed by atoms with Gasteiger partial charge in [0.2, 0.25) is 0 Å². The summed E-state index contributed by atoms with van der Waals surface area (Å²) in [6.45, 7) is 2.39. The standard InChI is InChI=1S/C13H17BrN2OS/c14-11-4-7-18-12(11)13(17)15-9-3-6-16-5-1-2-10(16)8-9/h4,7,9-10H,1-3,5-6,8H2,(H,15,17). The fraction of sp³-hybridized carbons (Fsp3) is 0.615. The molecule has 2 aliphatic rings. The molecular weight excluding hydrogens is 312 g/mol. The zero-order valence-electron chi connectivity index (χ0n) is 10.2. The number of halogens is 1. The van der Waals surface area contributed by atoms with E-state index in [4.69, 9.17) is 0 Å². The largest absolute Gasteiger partial charge is 0.348 e. The highest BCUT2D eigenvalue weighted by Gasteiger charge is 2.32. The molecule has 18 heavy (non-hydrogen) atoms. The number of nitrogens with one attached hydrogen (secondary N) is 1. The van der Waals surface area contributed by atoms with E-state index in [0.717, 1.165) is 28.7 Å². The second-order valence-corrected chi connectivity index (χ2v) is 6.89. The molecule has 0 aliphatic carbocycles. The first-order chi connectivity index (χ1) is 8.74. The van der Waals surface area contributed by atoms with Crippen molar-refractivity contribution >= 4 is 33.2 Å². The number of hydrogen-bond donors (Lipinski definition) is 1. The SMILES string of the molecule is O=C(NC1CCN2CCCC2C1)c1sccc1Br. The van der Waals surface area contributed by atoms with E-state index in [1.807, 2.05) is 11.4 Å². The molecule has 0 bridgehead atoms. The summed E-state index contributed by atoms with van der Waals surface area (Å²) >= 11 is 4.91. The maximum absolute atomic E-state index is 12.1. The van der Waals surface area contributed by atoms with Gasteiger partial charge < -0.3 is 10.2 Å². The summed E-state index contributed by atoms with van der Waals surface area (Å²) < 4.78 is 0.906. The van der Waals surface area contributed by atoms with Crippen LogP contribution in [-0.2, 0) is 0 Å². The van der Waals surface area contributed by atoms with E-state index in [0.29, 0.717) is 12.1 Å². The Bertz CT molecular complexity index is 448. The Kier molecular flexibility index (Phi) is 3.73. The van der Waals surface area contributed by atoms with Crippen molar-refractivity contribution in [1.29, 1.82) is 0 Å². The Hall–Kier alpha value is -0.390. The van der Waals surface area contributed by atoms with Crippen molar-refractivity contribution in [2.45, 2.75) is 37.8 Å². The normalized spacial score (nSPS) is 28.1. The maximum Gasteiger partial charge on any atom is 0.262 e. The van der Waals surface area contributed by atoms with Crippen LogP contribution in [0.5, 0.6) is 0 Å². The van der Waals surface area contributed by atoms with E-state index in [2.05, 4.69) is 26.1 Å². The second kappa shape index (κ2) is 5.31. The average Bonchev–Trinajstić information content (AvgIpc) is 2.96. The first kappa shape index (κ1) is 12.6. The van der Waals surface area contributed by atoms with Gasteiger partial charge in [0.1, 0.15) is 4.88 Å². The van der Waals surface area contributed by atoms with Gasteiger partial charge in [-0.2, -0.15) is 0 Å². The summed E-state index contributed by atoms with van der Waals surface area (Å²) in [7, 11) is 0. The molecule has 2 unspecified atom stereocenters. The summed E-state index contributed by atoms with van der Waals surface area (Å²) in [6.07, 6.45) is 4.83. The van der Waals surface area contributed by atoms with Gasteiger partial charge in [-0.05, 0) is 59.6 Å². The number of nitrogens with zero attached hydrogens (tertiary/aromatic N) is 1. The molecule has 1 N–H and O–H groups in total. The molecule has 98 valence electrons. The molecule has 0 radical (unpaired) electrons. The van der Waals surface area contributed by atoms with Gasteiger partial charge in [0, 0.05) is 23.1 Å². The van der Waals surface area contributed by atoms with Gasteiger partial charge in [-0.3, -0.25) is 4.79 Å². The summed E-state index contributed by atoms with van der Waals surface area (Å²) in [5, 5.41) is 5.13. The Morgan fingerprint density at radius 1 is 1.44 bits per heavy atom. The number of amides is 1. The third-order valence-corrected chi connectivity index (χ3v) is 5.82. The van der Waals surface area contributed by atoms with Gasteiger partial charge in [0.15, 0.2) is 0 Å². The van der Waals surface area contributed by atoms with E-state index >= 15 is 0 Å². The van der Waals surface area contributed by atoms with Crippen LogP contribution in [0, 0.1) is 0 Å². The summed E-state index contributed by atoms with van der Waals surface area (Å²) in [6, 6.07) is 2.99. The minimum absolute atomic E-state index is 0.0771. The Balaban J connectivity index is 1.60. The van der Waals surface area contributed by atoms with Gasteiger partial charge >= 0.3 is 0 Å². The second-order valence-electron chi connectivity index (χ2n) is 5.12. The van der Waals surface area contributed by atoms with Crippen molar-refractivity contribution in [2.24, 2.45) is 0 Å². The predicted octanol–water partition coefficient (Wildman–Crippen LogP) is 2.87. The predicted molar refractivity (Wildman–Crippen MR) is 77.1 cm³/mol. The topological polar surface area (TPSA) is 32.3 Å². The number of carbonyl (C=O) groups excluding carboxylic acids is 1. The van der Waals surface area contributed by atoms with Gasteiger partial charge in [0.05, 0.1) is 0 Å². The molecule has 1 aromatic rings. The van der Waals surface area contributed by atoms with Crippen LogP contribution in [0.15, 0.2) is 15.9 Å². The van der Waals surface area contributed by atoms with Crippen molar-refractivity contribution in [3.05, 3.63) is 20.8 Å². The van der Waals surface area contributed by atoms with Gasteiger partial charge in [-0.1, -0.05) is 0 Å². The van der Waals surface area contributed by atoms with Crippen LogP contribution in [0.4, 0.5) is 0 Å². The molecule has 3 nitrogen and oxygen atoms in total. The van der Waals surface area contributed by atoms with Gasteiger partial charge in [-0.15, -0.1) is 11.3 Å². The molecule has 3 heterocycles. The molecule has 1 aromatic heterocycles. The molecule has 0 aromatic carbocycles. The van der Waals surface area contributed by atoms with Gasteiger partial charge in [0.25, 0.3) is 5.91 Å². The van der Waals surface area contributed by atoms with Crippen LogP contribution in [0.2, 0.25) is 0 Å². The van der Waals surface area contributed by atoms with Crippen LogP contribution in [0.1, 0.15) is 35.4 Å². The molecule has 2 aliphatic heterocycles. The van der Waals surface area contributed by atoms with Crippen molar-refractivity contribution in [1.82, 2.24) is 10.2 Å². The van der Waals surface area contributed by atoms with Crippen molar-refractivity contribution in [3.8, 4) is 0 Å². The highest BCUT2D eigenvalue weighted by molar-refractivity contribution is 9.10. The molecule has 3 rings (SSSR count). The Morgan fingerprint density at radius 2 is 2.33 bits per heavy atom. The molecular formula is C13H17BrN2OS. The van der Waals surface area contributed by atoms with E-state index in [1.165, 1.54) is 30.7 Å². The Labute approximate surface area is 120 Å². The van der Waals surface area contributed by atoms with E-state index in [-0.39, 0.29) is 5.91 Å². The third kappa shape index (κ3) is 2.49. The molecule has 2 fully saturated rings. The zero-order valence-corrected chi connectivity index (χ0v) is 12.6. The molecule has 2 saturated heterocycles. The fourth-order valence-corrected chi connectivity index (χ4v) is 4.52.